The third-order valence-electron chi connectivity index (χ3n) is 2.67. The van der Waals surface area contributed by atoms with Crippen molar-refractivity contribution < 1.29 is 23.5 Å². The van der Waals surface area contributed by atoms with Crippen LogP contribution in [0.4, 0.5) is 8.78 Å². The lowest BCUT2D eigenvalue weighted by Gasteiger charge is -2.26. The maximum Gasteiger partial charge on any atom is 0.303 e. The number of aliphatic carboxylic acids is 1. The van der Waals surface area contributed by atoms with Gasteiger partial charge in [-0.15, -0.1) is 0 Å². The molecule has 1 amide bonds. The van der Waals surface area contributed by atoms with Crippen molar-refractivity contribution in [2.75, 3.05) is 0 Å². The summed E-state index contributed by atoms with van der Waals surface area (Å²) in [7, 11) is 0. The first kappa shape index (κ1) is 16.8. The number of hydrogen-bond acceptors (Lipinski definition) is 2. The van der Waals surface area contributed by atoms with Crippen LogP contribution in [-0.4, -0.2) is 22.5 Å². The second kappa shape index (κ2) is 6.47. The zero-order valence-electron chi connectivity index (χ0n) is 11.0. The minimum absolute atomic E-state index is 0.0212. The average molecular weight is 397 g/mol. The van der Waals surface area contributed by atoms with Crippen molar-refractivity contribution in [3.63, 3.8) is 0 Å². The van der Waals surface area contributed by atoms with Crippen LogP contribution in [-0.2, 0) is 4.79 Å². The van der Waals surface area contributed by atoms with Gasteiger partial charge in [0.15, 0.2) is 11.6 Å². The van der Waals surface area contributed by atoms with Gasteiger partial charge in [0.1, 0.15) is 0 Å². The van der Waals surface area contributed by atoms with E-state index in [1.165, 1.54) is 0 Å². The summed E-state index contributed by atoms with van der Waals surface area (Å²) >= 11 is 1.74. The Morgan fingerprint density at radius 2 is 1.85 bits per heavy atom. The second-order valence-electron chi connectivity index (χ2n) is 4.98. The first-order valence-corrected chi connectivity index (χ1v) is 6.89. The second-order valence-corrected chi connectivity index (χ2v) is 6.14. The van der Waals surface area contributed by atoms with Crippen LogP contribution in [0.2, 0.25) is 0 Å². The molecule has 0 heterocycles. The molecule has 0 spiro atoms. The van der Waals surface area contributed by atoms with Crippen LogP contribution in [0.1, 0.15) is 37.0 Å². The molecule has 0 unspecified atom stereocenters. The van der Waals surface area contributed by atoms with Gasteiger partial charge < -0.3 is 10.4 Å². The van der Waals surface area contributed by atoms with E-state index < -0.39 is 29.0 Å². The van der Waals surface area contributed by atoms with Crippen LogP contribution in [0.15, 0.2) is 12.1 Å². The number of carboxylic acids is 1. The summed E-state index contributed by atoms with van der Waals surface area (Å²) in [4.78, 5) is 22.6. The van der Waals surface area contributed by atoms with Crippen molar-refractivity contribution in [3.05, 3.63) is 32.9 Å². The van der Waals surface area contributed by atoms with Gasteiger partial charge in [-0.3, -0.25) is 9.59 Å². The molecule has 0 atom stereocenters. The minimum atomic E-state index is -1.10. The van der Waals surface area contributed by atoms with Gasteiger partial charge in [0.25, 0.3) is 5.91 Å². The fraction of sp³-hybridized carbons (Fsp3) is 0.385. The molecule has 0 saturated heterocycles. The highest BCUT2D eigenvalue weighted by molar-refractivity contribution is 14.1. The fourth-order valence-electron chi connectivity index (χ4n) is 1.55. The molecule has 0 radical (unpaired) electrons. The van der Waals surface area contributed by atoms with Crippen LogP contribution in [0.3, 0.4) is 0 Å². The van der Waals surface area contributed by atoms with Crippen LogP contribution in [0, 0.1) is 15.2 Å². The maximum atomic E-state index is 13.2. The predicted molar refractivity (Wildman–Crippen MR) is 77.5 cm³/mol. The Kier molecular flexibility index (Phi) is 5.43. The molecule has 1 aromatic carbocycles. The van der Waals surface area contributed by atoms with Crippen molar-refractivity contribution in [1.82, 2.24) is 5.32 Å². The number of hydrogen-bond donors (Lipinski definition) is 2. The van der Waals surface area contributed by atoms with Crippen molar-refractivity contribution in [3.8, 4) is 0 Å². The fourth-order valence-corrected chi connectivity index (χ4v) is 2.23. The molecule has 0 aliphatic rings. The molecule has 1 aromatic rings. The third-order valence-corrected chi connectivity index (χ3v) is 3.56. The Morgan fingerprint density at radius 3 is 2.40 bits per heavy atom. The maximum absolute atomic E-state index is 13.2. The predicted octanol–water partition coefficient (Wildman–Crippen LogP) is 2.94. The number of benzene rings is 1. The summed E-state index contributed by atoms with van der Waals surface area (Å²) < 4.78 is 26.4. The summed E-state index contributed by atoms with van der Waals surface area (Å²) in [6.07, 6.45) is 0.135. The van der Waals surface area contributed by atoms with E-state index >= 15 is 0 Å². The Morgan fingerprint density at radius 1 is 1.30 bits per heavy atom. The van der Waals surface area contributed by atoms with E-state index in [1.807, 2.05) is 0 Å². The summed E-state index contributed by atoms with van der Waals surface area (Å²) in [6, 6.07) is 1.77. The molecule has 110 valence electrons. The largest absolute Gasteiger partial charge is 0.481 e. The number of carbonyl (C=O) groups excluding carboxylic acids is 1. The van der Waals surface area contributed by atoms with E-state index in [9.17, 15) is 18.4 Å². The van der Waals surface area contributed by atoms with Gasteiger partial charge in [-0.25, -0.2) is 8.78 Å². The minimum Gasteiger partial charge on any atom is -0.481 e. The van der Waals surface area contributed by atoms with E-state index in [2.05, 4.69) is 5.32 Å². The van der Waals surface area contributed by atoms with Crippen LogP contribution >= 0.6 is 22.6 Å². The number of carbonyl (C=O) groups is 2. The van der Waals surface area contributed by atoms with Crippen molar-refractivity contribution >= 4 is 34.5 Å². The van der Waals surface area contributed by atoms with Gasteiger partial charge in [-0.2, -0.15) is 0 Å². The summed E-state index contributed by atoms with van der Waals surface area (Å²) in [5.74, 6) is -3.64. The standard InChI is InChI=1S/C13H14F2INO3/c1-13(2,4-3-11(18)19)17-12(20)7-5-8(14)9(15)6-10(7)16/h5-6H,3-4H2,1-2H3,(H,17,20)(H,18,19). The van der Waals surface area contributed by atoms with Gasteiger partial charge >= 0.3 is 5.97 Å². The van der Waals surface area contributed by atoms with Crippen LogP contribution in [0.25, 0.3) is 0 Å². The normalized spacial score (nSPS) is 11.2. The zero-order chi connectivity index (χ0) is 15.5. The van der Waals surface area contributed by atoms with E-state index in [0.717, 1.165) is 12.1 Å². The summed E-state index contributed by atoms with van der Waals surface area (Å²) in [5, 5.41) is 11.3. The molecular weight excluding hydrogens is 383 g/mol. The third kappa shape index (κ3) is 4.69. The molecule has 20 heavy (non-hydrogen) atoms. The zero-order valence-corrected chi connectivity index (χ0v) is 13.1. The highest BCUT2D eigenvalue weighted by Gasteiger charge is 2.24. The van der Waals surface area contributed by atoms with E-state index in [0.29, 0.717) is 0 Å². The molecule has 0 fully saturated rings. The molecule has 4 nitrogen and oxygen atoms in total. The molecule has 0 aliphatic carbocycles. The average Bonchev–Trinajstić information content (AvgIpc) is 2.30. The molecule has 1 rings (SSSR count). The molecule has 0 saturated carbocycles. The van der Waals surface area contributed by atoms with E-state index in [4.69, 9.17) is 5.11 Å². The summed E-state index contributed by atoms with van der Waals surface area (Å²) in [5.41, 5.74) is -0.739. The number of carboxylic acid groups (broad SMARTS) is 1. The Labute approximate surface area is 128 Å². The Hall–Kier alpha value is -1.25. The van der Waals surface area contributed by atoms with Gasteiger partial charge in [-0.1, -0.05) is 0 Å². The monoisotopic (exact) mass is 397 g/mol. The number of amides is 1. The number of nitrogens with one attached hydrogen (secondary N) is 1. The molecular formula is C13H14F2INO3. The lowest BCUT2D eigenvalue weighted by molar-refractivity contribution is -0.137. The SMILES string of the molecule is CC(C)(CCC(=O)O)NC(=O)c1cc(F)c(F)cc1I. The molecule has 0 aromatic heterocycles. The first-order chi connectivity index (χ1) is 9.12. The van der Waals surface area contributed by atoms with E-state index in [1.54, 1.807) is 36.4 Å². The molecule has 7 heteroatoms. The Bertz CT molecular complexity index is 547. The van der Waals surface area contributed by atoms with Crippen LogP contribution < -0.4 is 5.32 Å². The highest BCUT2D eigenvalue weighted by atomic mass is 127. The molecule has 2 N–H and O–H groups in total. The lowest BCUT2D eigenvalue weighted by Crippen LogP contribution is -2.44. The van der Waals surface area contributed by atoms with Gasteiger partial charge in [0, 0.05) is 15.5 Å². The van der Waals surface area contributed by atoms with Crippen molar-refractivity contribution in [2.24, 2.45) is 0 Å². The quantitative estimate of drug-likeness (QED) is 0.593. The molecule has 0 aliphatic heterocycles. The van der Waals surface area contributed by atoms with Crippen molar-refractivity contribution in [1.29, 1.82) is 0 Å². The van der Waals surface area contributed by atoms with Crippen LogP contribution in [0.5, 0.6) is 0 Å². The van der Waals surface area contributed by atoms with Gasteiger partial charge in [0.05, 0.1) is 5.56 Å². The van der Waals surface area contributed by atoms with Gasteiger partial charge in [-0.05, 0) is 55.0 Å². The topological polar surface area (TPSA) is 66.4 Å². The first-order valence-electron chi connectivity index (χ1n) is 5.81. The lowest BCUT2D eigenvalue weighted by atomic mass is 9.97. The van der Waals surface area contributed by atoms with E-state index in [-0.39, 0.29) is 22.0 Å². The Balaban J connectivity index is 2.86. The van der Waals surface area contributed by atoms with Crippen molar-refractivity contribution in [2.45, 2.75) is 32.2 Å². The number of halogens is 3. The highest BCUT2D eigenvalue weighted by Crippen LogP contribution is 2.19. The molecule has 0 bridgehead atoms. The van der Waals surface area contributed by atoms with Gasteiger partial charge in [0.2, 0.25) is 0 Å². The summed E-state index contributed by atoms with van der Waals surface area (Å²) in [6.45, 7) is 3.33. The smallest absolute Gasteiger partial charge is 0.303 e. The number of rotatable bonds is 5.